The molecule has 1 atom stereocenters. The van der Waals surface area contributed by atoms with Gasteiger partial charge in [-0.15, -0.1) is 0 Å². The third kappa shape index (κ3) is 4.52. The molecule has 3 heterocycles. The lowest BCUT2D eigenvalue weighted by Crippen LogP contribution is -2.46. The molecule has 0 aromatic heterocycles. The number of amides is 2. The SMILES string of the molecule is O=C1Nc2ccccc2N(C(=O)CN2CCCC(CN3CCCCC3)C2)C2=C1CCC=C2. The topological polar surface area (TPSA) is 55.9 Å². The van der Waals surface area contributed by atoms with E-state index in [1.165, 1.54) is 38.8 Å². The molecule has 1 N–H and O–H groups in total. The van der Waals surface area contributed by atoms with Crippen molar-refractivity contribution in [3.8, 4) is 0 Å². The van der Waals surface area contributed by atoms with Crippen LogP contribution >= 0.6 is 0 Å². The first-order valence-corrected chi connectivity index (χ1v) is 12.3. The summed E-state index contributed by atoms with van der Waals surface area (Å²) in [5, 5.41) is 3.02. The molecule has 0 saturated carbocycles. The predicted octanol–water partition coefficient (Wildman–Crippen LogP) is 3.77. The number of rotatable bonds is 4. The molecular formula is C26H34N4O2. The van der Waals surface area contributed by atoms with Crippen LogP contribution in [0.3, 0.4) is 0 Å². The van der Waals surface area contributed by atoms with Crippen LogP contribution in [0.15, 0.2) is 47.7 Å². The molecule has 6 heteroatoms. The van der Waals surface area contributed by atoms with Crippen LogP contribution in [0.1, 0.15) is 44.9 Å². The second kappa shape index (κ2) is 9.59. The van der Waals surface area contributed by atoms with Crippen LogP contribution in [0.5, 0.6) is 0 Å². The van der Waals surface area contributed by atoms with Gasteiger partial charge in [0, 0.05) is 18.7 Å². The summed E-state index contributed by atoms with van der Waals surface area (Å²) < 4.78 is 0. The van der Waals surface area contributed by atoms with Gasteiger partial charge in [-0.2, -0.15) is 0 Å². The van der Waals surface area contributed by atoms with Crippen LogP contribution in [0.2, 0.25) is 0 Å². The van der Waals surface area contributed by atoms with Crippen LogP contribution in [-0.4, -0.2) is 60.9 Å². The Morgan fingerprint density at radius 3 is 2.72 bits per heavy atom. The van der Waals surface area contributed by atoms with E-state index in [1.807, 2.05) is 30.3 Å². The number of carbonyl (C=O) groups excluding carboxylic acids is 2. The van der Waals surface area contributed by atoms with Gasteiger partial charge >= 0.3 is 0 Å². The van der Waals surface area contributed by atoms with Crippen molar-refractivity contribution in [2.75, 3.05) is 49.5 Å². The Labute approximate surface area is 190 Å². The lowest BCUT2D eigenvalue weighted by molar-refractivity contribution is -0.119. The van der Waals surface area contributed by atoms with Crippen LogP contribution in [0, 0.1) is 5.92 Å². The Balaban J connectivity index is 1.33. The number of nitrogens with zero attached hydrogens (tertiary/aromatic N) is 3. The minimum absolute atomic E-state index is 0.0478. The molecule has 6 nitrogen and oxygen atoms in total. The summed E-state index contributed by atoms with van der Waals surface area (Å²) in [5.41, 5.74) is 2.92. The lowest BCUT2D eigenvalue weighted by Gasteiger charge is -2.37. The number of nitrogens with one attached hydrogen (secondary N) is 1. The largest absolute Gasteiger partial charge is 0.320 e. The number of anilines is 2. The smallest absolute Gasteiger partial charge is 0.253 e. The number of allylic oxidation sites excluding steroid dienone is 2. The highest BCUT2D eigenvalue weighted by molar-refractivity contribution is 6.13. The van der Waals surface area contributed by atoms with Gasteiger partial charge in [-0.25, -0.2) is 0 Å². The average molecular weight is 435 g/mol. The van der Waals surface area contributed by atoms with E-state index in [-0.39, 0.29) is 11.8 Å². The van der Waals surface area contributed by atoms with Gasteiger partial charge in [0.05, 0.1) is 23.6 Å². The van der Waals surface area contributed by atoms with Gasteiger partial charge in [-0.1, -0.05) is 24.6 Å². The molecule has 32 heavy (non-hydrogen) atoms. The first kappa shape index (κ1) is 21.4. The van der Waals surface area contributed by atoms with E-state index >= 15 is 0 Å². The first-order chi connectivity index (χ1) is 15.7. The summed E-state index contributed by atoms with van der Waals surface area (Å²) in [6.45, 7) is 5.96. The Bertz CT molecular complexity index is 932. The zero-order valence-corrected chi connectivity index (χ0v) is 18.9. The fraction of sp³-hybridized carbons (Fsp3) is 0.538. The van der Waals surface area contributed by atoms with Gasteiger partial charge in [-0.05, 0) is 82.3 Å². The summed E-state index contributed by atoms with van der Waals surface area (Å²) in [6.07, 6.45) is 11.9. The van der Waals surface area contributed by atoms with Crippen molar-refractivity contribution in [3.63, 3.8) is 0 Å². The highest BCUT2D eigenvalue weighted by Gasteiger charge is 2.33. The van der Waals surface area contributed by atoms with Gasteiger partial charge in [0.2, 0.25) is 5.91 Å². The van der Waals surface area contributed by atoms with E-state index in [0.717, 1.165) is 43.9 Å². The van der Waals surface area contributed by atoms with E-state index in [0.29, 0.717) is 30.1 Å². The summed E-state index contributed by atoms with van der Waals surface area (Å²) in [4.78, 5) is 33.3. The van der Waals surface area contributed by atoms with Crippen molar-refractivity contribution in [2.45, 2.75) is 44.9 Å². The monoisotopic (exact) mass is 434 g/mol. The maximum Gasteiger partial charge on any atom is 0.253 e. The number of hydrogen-bond donors (Lipinski definition) is 1. The minimum atomic E-state index is -0.0910. The fourth-order valence-electron chi connectivity index (χ4n) is 5.67. The predicted molar refractivity (Wildman–Crippen MR) is 127 cm³/mol. The van der Waals surface area contributed by atoms with Crippen LogP contribution < -0.4 is 10.2 Å². The second-order valence-electron chi connectivity index (χ2n) is 9.61. The molecule has 170 valence electrons. The summed E-state index contributed by atoms with van der Waals surface area (Å²) >= 11 is 0. The van der Waals surface area contributed by atoms with Crippen molar-refractivity contribution in [3.05, 3.63) is 47.7 Å². The van der Waals surface area contributed by atoms with Gasteiger partial charge in [-0.3, -0.25) is 19.4 Å². The Morgan fingerprint density at radius 2 is 1.84 bits per heavy atom. The van der Waals surface area contributed by atoms with Crippen LogP contribution in [0.25, 0.3) is 0 Å². The molecule has 0 bridgehead atoms. The quantitative estimate of drug-likeness (QED) is 0.784. The van der Waals surface area contributed by atoms with Crippen molar-refractivity contribution in [1.82, 2.24) is 9.80 Å². The zero-order chi connectivity index (χ0) is 21.9. The van der Waals surface area contributed by atoms with Gasteiger partial charge in [0.1, 0.15) is 0 Å². The maximum absolute atomic E-state index is 13.7. The molecule has 1 aliphatic carbocycles. The highest BCUT2D eigenvalue weighted by Crippen LogP contribution is 2.36. The number of piperidine rings is 2. The second-order valence-corrected chi connectivity index (χ2v) is 9.61. The standard InChI is InChI=1S/C26H34N4O2/c31-25(19-29-16-8-9-20(18-29)17-28-14-6-1-7-15-28)30-23-12-4-2-10-21(23)26(32)27-22-11-3-5-13-24(22)30/h3-5,11-13,20H,1-2,6-10,14-19H2,(H,27,32). The summed E-state index contributed by atoms with van der Waals surface area (Å²) in [7, 11) is 0. The van der Waals surface area contributed by atoms with E-state index in [4.69, 9.17) is 0 Å². The molecule has 3 aliphatic heterocycles. The van der Waals surface area contributed by atoms with E-state index in [2.05, 4.69) is 21.2 Å². The highest BCUT2D eigenvalue weighted by atomic mass is 16.2. The third-order valence-electron chi connectivity index (χ3n) is 7.23. The Morgan fingerprint density at radius 1 is 1.03 bits per heavy atom. The van der Waals surface area contributed by atoms with Crippen LogP contribution in [0.4, 0.5) is 11.4 Å². The van der Waals surface area contributed by atoms with E-state index in [9.17, 15) is 9.59 Å². The van der Waals surface area contributed by atoms with Gasteiger partial charge < -0.3 is 10.2 Å². The van der Waals surface area contributed by atoms with Crippen LogP contribution in [-0.2, 0) is 9.59 Å². The molecule has 4 aliphatic rings. The molecule has 1 aromatic rings. The molecule has 0 radical (unpaired) electrons. The molecule has 0 spiro atoms. The van der Waals surface area contributed by atoms with Crippen molar-refractivity contribution in [1.29, 1.82) is 0 Å². The van der Waals surface area contributed by atoms with Gasteiger partial charge in [0.15, 0.2) is 0 Å². The number of hydrogen-bond acceptors (Lipinski definition) is 4. The third-order valence-corrected chi connectivity index (χ3v) is 7.23. The fourth-order valence-corrected chi connectivity index (χ4v) is 5.67. The molecule has 1 unspecified atom stereocenters. The number of carbonyl (C=O) groups is 2. The van der Waals surface area contributed by atoms with Crippen molar-refractivity contribution in [2.24, 2.45) is 5.92 Å². The van der Waals surface area contributed by atoms with E-state index in [1.54, 1.807) is 4.90 Å². The molecule has 2 saturated heterocycles. The normalized spacial score (nSPS) is 24.6. The average Bonchev–Trinajstić information content (AvgIpc) is 2.94. The molecular weight excluding hydrogens is 400 g/mol. The number of fused-ring (bicyclic) bond motifs is 1. The number of para-hydroxylation sites is 2. The zero-order valence-electron chi connectivity index (χ0n) is 18.9. The summed E-state index contributed by atoms with van der Waals surface area (Å²) in [6, 6.07) is 7.64. The minimum Gasteiger partial charge on any atom is -0.320 e. The van der Waals surface area contributed by atoms with Crippen molar-refractivity contribution >= 4 is 23.2 Å². The molecule has 2 fully saturated rings. The molecule has 5 rings (SSSR count). The number of benzene rings is 1. The molecule has 2 amide bonds. The van der Waals surface area contributed by atoms with E-state index < -0.39 is 0 Å². The first-order valence-electron chi connectivity index (χ1n) is 12.3. The van der Waals surface area contributed by atoms with Crippen molar-refractivity contribution < 1.29 is 9.59 Å². The lowest BCUT2D eigenvalue weighted by atomic mass is 9.96. The number of likely N-dealkylation sites (tertiary alicyclic amines) is 2. The maximum atomic E-state index is 13.7. The summed E-state index contributed by atoms with van der Waals surface area (Å²) in [5.74, 6) is 0.594. The Kier molecular flexibility index (Phi) is 6.42. The Hall–Kier alpha value is -2.44. The molecule has 1 aromatic carbocycles. The van der Waals surface area contributed by atoms with Gasteiger partial charge in [0.25, 0.3) is 5.91 Å².